The van der Waals surface area contributed by atoms with Crippen LogP contribution in [0.25, 0.3) is 0 Å². The molecule has 0 N–H and O–H groups in total. The predicted molar refractivity (Wildman–Crippen MR) is 65.3 cm³/mol. The number of carbonyl (C=O) groups excluding carboxylic acids is 1. The second-order valence-corrected chi connectivity index (χ2v) is 4.22. The van der Waals surface area contributed by atoms with E-state index < -0.39 is 16.8 Å². The highest BCUT2D eigenvalue weighted by Crippen LogP contribution is 2.28. The minimum Gasteiger partial charge on any atom is -0.477 e. The molecule has 1 aliphatic heterocycles. The number of carbonyl (C=O) groups is 1. The number of nitro groups is 1. The van der Waals surface area contributed by atoms with Gasteiger partial charge in [-0.25, -0.2) is 8.92 Å². The Labute approximate surface area is 112 Å². The molecule has 0 bridgehead atoms. The molecule has 0 amide bonds. The Bertz CT molecular complexity index is 434. The number of aliphatic imine (C=N–C) groups is 1. The summed E-state index contributed by atoms with van der Waals surface area (Å²) in [5.74, 6) is -0.333. The van der Waals surface area contributed by atoms with Crippen LogP contribution in [0.4, 0.5) is 0 Å². The molecule has 0 saturated heterocycles. The van der Waals surface area contributed by atoms with E-state index >= 15 is 0 Å². The summed E-state index contributed by atoms with van der Waals surface area (Å²) in [4.78, 5) is 25.4. The summed E-state index contributed by atoms with van der Waals surface area (Å²) in [5, 5.41) is 11.0. The molecular weight excluding hydrogens is 310 g/mol. The maximum Gasteiger partial charge on any atom is 0.390 e. The van der Waals surface area contributed by atoms with E-state index in [1.165, 1.54) is 25.1 Å². The van der Waals surface area contributed by atoms with E-state index in [9.17, 15) is 14.9 Å². The Morgan fingerprint density at radius 2 is 2.17 bits per heavy atom. The summed E-state index contributed by atoms with van der Waals surface area (Å²) in [5.41, 5.74) is -0.392. The van der Waals surface area contributed by atoms with Crippen LogP contribution in [-0.4, -0.2) is 40.9 Å². The fourth-order valence-electron chi connectivity index (χ4n) is 1.45. The third-order valence-electron chi connectivity index (χ3n) is 2.17. The summed E-state index contributed by atoms with van der Waals surface area (Å²) < 4.78 is 11.1. The number of halogens is 1. The quantitative estimate of drug-likeness (QED) is 0.436. The highest BCUT2D eigenvalue weighted by molar-refractivity contribution is 9.07. The van der Waals surface area contributed by atoms with E-state index in [0.29, 0.717) is 0 Å². The summed E-state index contributed by atoms with van der Waals surface area (Å²) in [6, 6.07) is 0. The Morgan fingerprint density at radius 1 is 1.56 bits per heavy atom. The monoisotopic (exact) mass is 321 g/mol. The molecule has 18 heavy (non-hydrogen) atoms. The van der Waals surface area contributed by atoms with Gasteiger partial charge in [-0.1, -0.05) is 0 Å². The molecule has 0 fully saturated rings. The van der Waals surface area contributed by atoms with Crippen LogP contribution in [0.3, 0.4) is 0 Å². The molecule has 9 heteroatoms. The van der Waals surface area contributed by atoms with Gasteiger partial charge in [0.1, 0.15) is 11.9 Å². The van der Waals surface area contributed by atoms with Crippen molar-refractivity contribution in [3.8, 4) is 0 Å². The van der Waals surface area contributed by atoms with Gasteiger partial charge >= 0.3 is 5.70 Å². The molecule has 1 rings (SSSR count). The van der Waals surface area contributed by atoms with Crippen LogP contribution in [0, 0.1) is 10.1 Å². The fraction of sp³-hybridized carbons (Fsp3) is 0.556. The normalized spacial score (nSPS) is 19.4. The van der Waals surface area contributed by atoms with Crippen molar-refractivity contribution in [3.05, 3.63) is 21.7 Å². The lowest BCUT2D eigenvalue weighted by Gasteiger charge is -2.27. The minimum atomic E-state index is -0.653. The van der Waals surface area contributed by atoms with Crippen molar-refractivity contribution >= 4 is 27.8 Å². The van der Waals surface area contributed by atoms with E-state index in [1.54, 1.807) is 0 Å². The number of ether oxygens (including phenoxy) is 2. The topological polar surface area (TPSA) is 94.3 Å². The molecular formula is C9H12BrN3O5. The maximum atomic E-state index is 11.1. The Morgan fingerprint density at radius 3 is 2.56 bits per heavy atom. The molecule has 0 radical (unpaired) electrons. The highest BCUT2D eigenvalue weighted by Gasteiger charge is 2.39. The van der Waals surface area contributed by atoms with Crippen LogP contribution in [0.5, 0.6) is 0 Å². The van der Waals surface area contributed by atoms with Crippen molar-refractivity contribution in [2.75, 3.05) is 14.2 Å². The van der Waals surface area contributed by atoms with Gasteiger partial charge in [0.05, 0.1) is 35.3 Å². The molecule has 1 heterocycles. The third kappa shape index (κ3) is 2.78. The molecule has 0 aromatic carbocycles. The van der Waals surface area contributed by atoms with E-state index in [4.69, 9.17) is 9.47 Å². The molecule has 1 unspecified atom stereocenters. The fourth-order valence-corrected chi connectivity index (χ4v) is 2.00. The second kappa shape index (κ2) is 5.80. The molecule has 1 aliphatic rings. The number of rotatable bonds is 4. The molecule has 0 aromatic heterocycles. The van der Waals surface area contributed by atoms with Crippen molar-refractivity contribution in [1.29, 1.82) is 0 Å². The Kier molecular flexibility index (Phi) is 4.65. The van der Waals surface area contributed by atoms with Crippen LogP contribution in [-0.2, 0) is 14.3 Å². The summed E-state index contributed by atoms with van der Waals surface area (Å²) in [6.07, 6.45) is -0.563. The first-order chi connectivity index (χ1) is 8.42. The minimum absolute atomic E-state index is 0.0573. The average molecular weight is 322 g/mol. The Balaban J connectivity index is 3.21. The smallest absolute Gasteiger partial charge is 0.390 e. The highest BCUT2D eigenvalue weighted by atomic mass is 79.9. The van der Waals surface area contributed by atoms with Crippen molar-refractivity contribution in [2.24, 2.45) is 4.99 Å². The van der Waals surface area contributed by atoms with Crippen LogP contribution in [0.15, 0.2) is 16.6 Å². The van der Waals surface area contributed by atoms with Crippen LogP contribution in [0.2, 0.25) is 0 Å². The van der Waals surface area contributed by atoms with Gasteiger partial charge in [0.25, 0.3) is 11.8 Å². The number of ketones is 1. The number of hydrogen-bond donors (Lipinski definition) is 0. The number of methoxy groups -OCH3 is 2. The molecule has 0 aliphatic carbocycles. The standard InChI is InChI=1S/C9H12BrN3O5/c1-5(14)4-6-11-8(17-2)7(13(15)16)9(18-3)12(6)10/h6H,4H2,1-3H3. The maximum absolute atomic E-state index is 11.1. The average Bonchev–Trinajstić information content (AvgIpc) is 2.29. The second-order valence-electron chi connectivity index (χ2n) is 3.45. The number of nitrogens with zero attached hydrogens (tertiary/aromatic N) is 3. The first-order valence-electron chi connectivity index (χ1n) is 4.91. The van der Waals surface area contributed by atoms with E-state index in [1.807, 2.05) is 0 Å². The lowest BCUT2D eigenvalue weighted by atomic mass is 10.2. The molecule has 1 atom stereocenters. The zero-order chi connectivity index (χ0) is 13.9. The molecule has 0 spiro atoms. The van der Waals surface area contributed by atoms with Gasteiger partial charge in [-0.3, -0.25) is 14.9 Å². The first-order valence-corrected chi connectivity index (χ1v) is 5.62. The van der Waals surface area contributed by atoms with Gasteiger partial charge in [-0.05, 0) is 6.92 Å². The number of Topliss-reactive ketones (excluding diaryl/α,β-unsaturated/α-hetero) is 1. The zero-order valence-electron chi connectivity index (χ0n) is 10.0. The van der Waals surface area contributed by atoms with Gasteiger partial charge < -0.3 is 9.47 Å². The van der Waals surface area contributed by atoms with Gasteiger partial charge in [-0.2, -0.15) is 0 Å². The molecule has 0 saturated carbocycles. The van der Waals surface area contributed by atoms with E-state index in [-0.39, 0.29) is 24.0 Å². The molecule has 0 aromatic rings. The van der Waals surface area contributed by atoms with Crippen molar-refractivity contribution in [2.45, 2.75) is 19.5 Å². The third-order valence-corrected chi connectivity index (χ3v) is 2.96. The van der Waals surface area contributed by atoms with Crippen LogP contribution in [0.1, 0.15) is 13.3 Å². The van der Waals surface area contributed by atoms with Crippen LogP contribution < -0.4 is 0 Å². The SMILES string of the molecule is COC1=NC(CC(C)=O)N(Br)C(OC)=C1[N+](=O)[O-]. The summed E-state index contributed by atoms with van der Waals surface area (Å²) in [7, 11) is 2.56. The van der Waals surface area contributed by atoms with Gasteiger partial charge in [0.15, 0.2) is 0 Å². The van der Waals surface area contributed by atoms with Crippen molar-refractivity contribution in [1.82, 2.24) is 3.93 Å². The molecule has 100 valence electrons. The first kappa shape index (κ1) is 14.4. The zero-order valence-corrected chi connectivity index (χ0v) is 11.6. The van der Waals surface area contributed by atoms with E-state index in [0.717, 1.165) is 0 Å². The largest absolute Gasteiger partial charge is 0.477 e. The number of hydrogen-bond acceptors (Lipinski definition) is 7. The molecule has 8 nitrogen and oxygen atoms in total. The lowest BCUT2D eigenvalue weighted by Crippen LogP contribution is -2.36. The van der Waals surface area contributed by atoms with Crippen LogP contribution >= 0.6 is 16.1 Å². The van der Waals surface area contributed by atoms with Gasteiger partial charge in [0, 0.05) is 6.42 Å². The Hall–Kier alpha value is -1.64. The lowest BCUT2D eigenvalue weighted by molar-refractivity contribution is -0.421. The van der Waals surface area contributed by atoms with Crippen molar-refractivity contribution < 1.29 is 19.2 Å². The summed E-state index contributed by atoms with van der Waals surface area (Å²) >= 11 is 3.11. The van der Waals surface area contributed by atoms with Crippen molar-refractivity contribution in [3.63, 3.8) is 0 Å². The van der Waals surface area contributed by atoms with Gasteiger partial charge in [-0.15, -0.1) is 0 Å². The van der Waals surface area contributed by atoms with Gasteiger partial charge in [0.2, 0.25) is 0 Å². The predicted octanol–water partition coefficient (Wildman–Crippen LogP) is 1.05. The summed E-state index contributed by atoms with van der Waals surface area (Å²) in [6.45, 7) is 1.40. The van der Waals surface area contributed by atoms with E-state index in [2.05, 4.69) is 21.1 Å².